The van der Waals surface area contributed by atoms with E-state index >= 15 is 0 Å². The lowest BCUT2D eigenvalue weighted by atomic mass is 9.65. The largest absolute Gasteiger partial charge is 0.457 e. The maximum Gasteiger partial charge on any atom is 0.160 e. The molecular formula is C51H32N2O. The van der Waals surface area contributed by atoms with Crippen molar-refractivity contribution in [1.82, 2.24) is 9.97 Å². The Morgan fingerprint density at radius 3 is 1.69 bits per heavy atom. The Morgan fingerprint density at radius 2 is 0.907 bits per heavy atom. The van der Waals surface area contributed by atoms with Crippen molar-refractivity contribution in [2.45, 2.75) is 5.41 Å². The molecule has 3 heteroatoms. The minimum absolute atomic E-state index is 0.541. The van der Waals surface area contributed by atoms with E-state index in [1.165, 1.54) is 33.0 Å². The zero-order valence-corrected chi connectivity index (χ0v) is 29.3. The summed E-state index contributed by atoms with van der Waals surface area (Å²) in [7, 11) is 0. The average Bonchev–Trinajstić information content (AvgIpc) is 3.54. The molecule has 1 aromatic heterocycles. The predicted molar refractivity (Wildman–Crippen MR) is 219 cm³/mol. The van der Waals surface area contributed by atoms with E-state index in [-0.39, 0.29) is 0 Å². The number of hydrogen-bond donors (Lipinski definition) is 0. The van der Waals surface area contributed by atoms with Crippen molar-refractivity contribution in [3.63, 3.8) is 0 Å². The molecule has 54 heavy (non-hydrogen) atoms. The van der Waals surface area contributed by atoms with Crippen molar-refractivity contribution in [2.75, 3.05) is 0 Å². The molecule has 0 radical (unpaired) electrons. The number of nitrogens with zero attached hydrogens (tertiary/aromatic N) is 2. The Kier molecular flexibility index (Phi) is 6.77. The van der Waals surface area contributed by atoms with Crippen LogP contribution >= 0.6 is 0 Å². The van der Waals surface area contributed by atoms with Gasteiger partial charge in [-0.05, 0) is 74.5 Å². The molecule has 0 amide bonds. The number of hydrogen-bond acceptors (Lipinski definition) is 3. The maximum atomic E-state index is 6.74. The molecule has 11 rings (SSSR count). The maximum absolute atomic E-state index is 6.74. The van der Waals surface area contributed by atoms with Crippen LogP contribution in [0, 0.1) is 0 Å². The summed E-state index contributed by atoms with van der Waals surface area (Å²) in [6.07, 6.45) is 0. The van der Waals surface area contributed by atoms with Crippen LogP contribution < -0.4 is 4.74 Å². The third kappa shape index (κ3) is 4.55. The summed E-state index contributed by atoms with van der Waals surface area (Å²) in [6, 6.07) is 68.9. The summed E-state index contributed by atoms with van der Waals surface area (Å²) in [5.41, 5.74) is 13.8. The van der Waals surface area contributed by atoms with Gasteiger partial charge in [-0.2, -0.15) is 0 Å². The van der Waals surface area contributed by atoms with E-state index in [1.807, 2.05) is 18.2 Å². The summed E-state index contributed by atoms with van der Waals surface area (Å²) in [5, 5.41) is 2.38. The summed E-state index contributed by atoms with van der Waals surface area (Å²) < 4.78 is 6.74. The number of aromatic nitrogens is 2. The molecule has 1 aliphatic carbocycles. The van der Waals surface area contributed by atoms with Crippen LogP contribution in [0.5, 0.6) is 11.5 Å². The Labute approximate surface area is 313 Å². The van der Waals surface area contributed by atoms with Crippen molar-refractivity contribution in [3.8, 4) is 67.7 Å². The van der Waals surface area contributed by atoms with Crippen LogP contribution in [0.15, 0.2) is 194 Å². The lowest BCUT2D eigenvalue weighted by Gasteiger charge is -2.39. The van der Waals surface area contributed by atoms with Gasteiger partial charge in [-0.25, -0.2) is 9.97 Å². The van der Waals surface area contributed by atoms with Gasteiger partial charge < -0.3 is 4.74 Å². The lowest BCUT2D eigenvalue weighted by Crippen LogP contribution is -2.32. The number of benzene rings is 8. The van der Waals surface area contributed by atoms with Crippen molar-refractivity contribution in [3.05, 3.63) is 216 Å². The van der Waals surface area contributed by atoms with Crippen LogP contribution in [-0.4, -0.2) is 9.97 Å². The Balaban J connectivity index is 1.13. The topological polar surface area (TPSA) is 35.0 Å². The number of fused-ring (bicyclic) bond motifs is 10. The van der Waals surface area contributed by atoms with E-state index in [0.29, 0.717) is 5.82 Å². The van der Waals surface area contributed by atoms with Crippen LogP contribution in [0.1, 0.15) is 22.3 Å². The van der Waals surface area contributed by atoms with Crippen LogP contribution in [0.25, 0.3) is 66.9 Å². The van der Waals surface area contributed by atoms with Crippen LogP contribution in [0.2, 0.25) is 0 Å². The van der Waals surface area contributed by atoms with E-state index in [9.17, 15) is 0 Å². The van der Waals surface area contributed by atoms with Crippen molar-refractivity contribution >= 4 is 10.8 Å². The molecule has 2 aliphatic rings. The zero-order chi connectivity index (χ0) is 35.6. The molecule has 3 nitrogen and oxygen atoms in total. The first-order valence-electron chi connectivity index (χ1n) is 18.4. The fourth-order valence-corrected chi connectivity index (χ4v) is 8.78. The monoisotopic (exact) mass is 688 g/mol. The molecule has 0 atom stereocenters. The molecule has 0 N–H and O–H groups in total. The highest BCUT2D eigenvalue weighted by Gasteiger charge is 2.51. The summed E-state index contributed by atoms with van der Waals surface area (Å²) >= 11 is 0. The van der Waals surface area contributed by atoms with Gasteiger partial charge in [0.05, 0.1) is 16.8 Å². The molecule has 1 aliphatic heterocycles. The quantitative estimate of drug-likeness (QED) is 0.185. The predicted octanol–water partition coefficient (Wildman–Crippen LogP) is 12.8. The summed E-state index contributed by atoms with van der Waals surface area (Å²) in [4.78, 5) is 10.4. The first-order chi connectivity index (χ1) is 26.8. The normalized spacial score (nSPS) is 13.1. The highest BCUT2D eigenvalue weighted by Crippen LogP contribution is 2.62. The number of rotatable bonds is 4. The standard InChI is InChI=1S/C51H32N2O/c1-2-15-34(16-3-1)50-52-46(37-27-26-33-14-4-5-17-35(33)30-37)32-47(53-50)41-21-7-6-18-38(41)36-28-29-49-45(31-36)51(44-24-12-13-25-48(44)54-49)42-22-10-8-19-39(42)40-20-9-11-23-43(40)51/h1-32H. The van der Waals surface area contributed by atoms with Crippen LogP contribution in [0.4, 0.5) is 0 Å². The van der Waals surface area contributed by atoms with Crippen molar-refractivity contribution in [2.24, 2.45) is 0 Å². The van der Waals surface area contributed by atoms with Crippen LogP contribution in [-0.2, 0) is 5.41 Å². The molecule has 2 heterocycles. The van der Waals surface area contributed by atoms with Gasteiger partial charge in [-0.1, -0.05) is 164 Å². The third-order valence-electron chi connectivity index (χ3n) is 11.2. The molecule has 9 aromatic rings. The van der Waals surface area contributed by atoms with Gasteiger partial charge in [0, 0.05) is 27.8 Å². The highest BCUT2D eigenvalue weighted by molar-refractivity contribution is 5.91. The zero-order valence-electron chi connectivity index (χ0n) is 29.3. The Hall–Kier alpha value is -7.10. The van der Waals surface area contributed by atoms with E-state index < -0.39 is 5.41 Å². The van der Waals surface area contributed by atoms with Gasteiger partial charge in [0.2, 0.25) is 0 Å². The molecular weight excluding hydrogens is 657 g/mol. The van der Waals surface area contributed by atoms with E-state index in [2.05, 4.69) is 176 Å². The second-order valence-electron chi connectivity index (χ2n) is 14.1. The molecule has 8 aromatic carbocycles. The lowest BCUT2D eigenvalue weighted by molar-refractivity contribution is 0.436. The minimum atomic E-state index is -0.541. The van der Waals surface area contributed by atoms with E-state index in [4.69, 9.17) is 14.7 Å². The fraction of sp³-hybridized carbons (Fsp3) is 0.0196. The molecule has 1 spiro atoms. The van der Waals surface area contributed by atoms with Gasteiger partial charge in [0.1, 0.15) is 11.5 Å². The second kappa shape index (κ2) is 12.0. The average molecular weight is 689 g/mol. The highest BCUT2D eigenvalue weighted by atomic mass is 16.5. The van der Waals surface area contributed by atoms with Gasteiger partial charge >= 0.3 is 0 Å². The van der Waals surface area contributed by atoms with Gasteiger partial charge in [-0.15, -0.1) is 0 Å². The minimum Gasteiger partial charge on any atom is -0.457 e. The second-order valence-corrected chi connectivity index (χ2v) is 14.1. The van der Waals surface area contributed by atoms with Crippen molar-refractivity contribution < 1.29 is 4.74 Å². The van der Waals surface area contributed by atoms with Gasteiger partial charge in [0.15, 0.2) is 5.82 Å². The first-order valence-corrected chi connectivity index (χ1v) is 18.4. The Bertz CT molecular complexity index is 2880. The summed E-state index contributed by atoms with van der Waals surface area (Å²) in [5.74, 6) is 2.45. The third-order valence-corrected chi connectivity index (χ3v) is 11.2. The molecule has 0 saturated heterocycles. The molecule has 0 saturated carbocycles. The van der Waals surface area contributed by atoms with E-state index in [0.717, 1.165) is 61.8 Å². The van der Waals surface area contributed by atoms with E-state index in [1.54, 1.807) is 0 Å². The van der Waals surface area contributed by atoms with Crippen molar-refractivity contribution in [1.29, 1.82) is 0 Å². The molecule has 0 bridgehead atoms. The summed E-state index contributed by atoms with van der Waals surface area (Å²) in [6.45, 7) is 0. The number of ether oxygens (including phenoxy) is 1. The molecule has 0 unspecified atom stereocenters. The van der Waals surface area contributed by atoms with Gasteiger partial charge in [-0.3, -0.25) is 0 Å². The Morgan fingerprint density at radius 1 is 0.333 bits per heavy atom. The molecule has 0 fully saturated rings. The van der Waals surface area contributed by atoms with Gasteiger partial charge in [0.25, 0.3) is 0 Å². The first kappa shape index (κ1) is 30.5. The van der Waals surface area contributed by atoms with Crippen LogP contribution in [0.3, 0.4) is 0 Å². The molecule has 252 valence electrons. The smallest absolute Gasteiger partial charge is 0.160 e. The number of para-hydroxylation sites is 1. The fourth-order valence-electron chi connectivity index (χ4n) is 8.78. The SMILES string of the molecule is c1ccc(-c2nc(-c3ccc4ccccc4c3)cc(-c3ccccc3-c3ccc4c(c3)C3(c5ccccc5O4)c4ccccc4-c4ccccc43)n2)cc1.